The zero-order valence-electron chi connectivity index (χ0n) is 12.2. The third kappa shape index (κ3) is 3.33. The fourth-order valence-corrected chi connectivity index (χ4v) is 2.74. The minimum Gasteiger partial charge on any atom is -0.324 e. The van der Waals surface area contributed by atoms with Crippen molar-refractivity contribution in [1.29, 1.82) is 0 Å². The topological polar surface area (TPSA) is 69.8 Å². The molecule has 1 fully saturated rings. The van der Waals surface area contributed by atoms with Gasteiger partial charge in [0.15, 0.2) is 6.17 Å². The lowest BCUT2D eigenvalue weighted by Gasteiger charge is -2.25. The number of rotatable bonds is 4. The van der Waals surface area contributed by atoms with Crippen LogP contribution in [0.5, 0.6) is 0 Å². The largest absolute Gasteiger partial charge is 0.324 e. The summed E-state index contributed by atoms with van der Waals surface area (Å²) in [7, 11) is 0. The van der Waals surface area contributed by atoms with Gasteiger partial charge in [0, 0.05) is 23.4 Å². The predicted octanol–water partition coefficient (Wildman–Crippen LogP) is 2.35. The molecule has 116 valence electrons. The Morgan fingerprint density at radius 2 is 2.14 bits per heavy atom. The van der Waals surface area contributed by atoms with Crippen molar-refractivity contribution >= 4 is 11.6 Å². The van der Waals surface area contributed by atoms with Gasteiger partial charge in [-0.25, -0.2) is 4.39 Å². The highest BCUT2D eigenvalue weighted by Gasteiger charge is 2.29. The monoisotopic (exact) mass is 302 g/mol. The summed E-state index contributed by atoms with van der Waals surface area (Å²) in [6.45, 7) is 1.54. The first kappa shape index (κ1) is 14.7. The first-order valence-electron chi connectivity index (χ1n) is 7.49. The fraction of sp³-hybridized carbons (Fsp3) is 0.375. The van der Waals surface area contributed by atoms with E-state index in [1.807, 2.05) is 18.2 Å². The van der Waals surface area contributed by atoms with Crippen LogP contribution < -0.4 is 10.6 Å². The highest BCUT2D eigenvalue weighted by Crippen LogP contribution is 2.23. The number of aromatic nitrogens is 2. The van der Waals surface area contributed by atoms with Crippen molar-refractivity contribution in [1.82, 2.24) is 15.5 Å². The summed E-state index contributed by atoms with van der Waals surface area (Å²) in [4.78, 5) is 12.1. The van der Waals surface area contributed by atoms with E-state index in [1.165, 1.54) is 0 Å². The van der Waals surface area contributed by atoms with Gasteiger partial charge in [-0.05, 0) is 44.1 Å². The van der Waals surface area contributed by atoms with Gasteiger partial charge >= 0.3 is 0 Å². The molecule has 6 heteroatoms. The van der Waals surface area contributed by atoms with Crippen molar-refractivity contribution in [3.8, 4) is 11.3 Å². The van der Waals surface area contributed by atoms with Crippen LogP contribution in [0.3, 0.4) is 0 Å². The number of aromatic amines is 1. The summed E-state index contributed by atoms with van der Waals surface area (Å²) in [5.74, 6) is -0.759. The van der Waals surface area contributed by atoms with Gasteiger partial charge in [-0.15, -0.1) is 0 Å². The van der Waals surface area contributed by atoms with Crippen molar-refractivity contribution in [2.45, 2.75) is 19.0 Å². The maximum Gasteiger partial charge on any atom is 0.259 e. The fourth-order valence-electron chi connectivity index (χ4n) is 2.74. The number of benzene rings is 1. The summed E-state index contributed by atoms with van der Waals surface area (Å²) in [5.41, 5.74) is 2.34. The van der Waals surface area contributed by atoms with Crippen molar-refractivity contribution in [3.05, 3.63) is 36.5 Å². The van der Waals surface area contributed by atoms with Gasteiger partial charge < -0.3 is 10.6 Å². The Morgan fingerprint density at radius 1 is 1.32 bits per heavy atom. The molecule has 1 aromatic carbocycles. The molecule has 3 rings (SSSR count). The molecule has 1 unspecified atom stereocenters. The van der Waals surface area contributed by atoms with Gasteiger partial charge in [0.05, 0.1) is 5.69 Å². The molecule has 2 heterocycles. The lowest BCUT2D eigenvalue weighted by molar-refractivity contribution is -0.122. The molecule has 22 heavy (non-hydrogen) atoms. The zero-order valence-corrected chi connectivity index (χ0v) is 12.2. The standard InChI is InChI=1S/C16H19FN4O/c17-15(11-4-7-18-8-5-11)16(22)20-13-3-1-2-12(10-13)14-6-9-19-21-14/h1-3,6,9-11,15,18H,4-5,7-8H2,(H,19,21)(H,20,22). The van der Waals surface area contributed by atoms with Crippen molar-refractivity contribution in [2.75, 3.05) is 18.4 Å². The number of anilines is 1. The van der Waals surface area contributed by atoms with Crippen molar-refractivity contribution in [2.24, 2.45) is 5.92 Å². The quantitative estimate of drug-likeness (QED) is 0.812. The molecule has 0 radical (unpaired) electrons. The third-order valence-electron chi connectivity index (χ3n) is 3.99. The zero-order chi connectivity index (χ0) is 15.4. The molecule has 0 saturated carbocycles. The van der Waals surface area contributed by atoms with E-state index >= 15 is 0 Å². The molecule has 0 aliphatic carbocycles. The summed E-state index contributed by atoms with van der Waals surface area (Å²) in [6.07, 6.45) is 1.60. The van der Waals surface area contributed by atoms with E-state index < -0.39 is 12.1 Å². The summed E-state index contributed by atoms with van der Waals surface area (Å²) in [5, 5.41) is 12.6. The van der Waals surface area contributed by atoms with Gasteiger partial charge in [0.1, 0.15) is 0 Å². The van der Waals surface area contributed by atoms with Crippen LogP contribution in [0, 0.1) is 5.92 Å². The van der Waals surface area contributed by atoms with Crippen LogP contribution in [0.2, 0.25) is 0 Å². The van der Waals surface area contributed by atoms with E-state index in [-0.39, 0.29) is 5.92 Å². The van der Waals surface area contributed by atoms with E-state index in [4.69, 9.17) is 0 Å². The second kappa shape index (κ2) is 6.70. The summed E-state index contributed by atoms with van der Waals surface area (Å²) >= 11 is 0. The minimum atomic E-state index is -1.46. The number of carbonyl (C=O) groups excluding carboxylic acids is 1. The number of hydrogen-bond donors (Lipinski definition) is 3. The Bertz CT molecular complexity index is 623. The average Bonchev–Trinajstić information content (AvgIpc) is 3.10. The number of piperidine rings is 1. The summed E-state index contributed by atoms with van der Waals surface area (Å²) in [6, 6.07) is 9.13. The van der Waals surface area contributed by atoms with Gasteiger partial charge in [0.25, 0.3) is 5.91 Å². The molecule has 1 saturated heterocycles. The Balaban J connectivity index is 1.67. The number of nitrogens with zero attached hydrogens (tertiary/aromatic N) is 1. The molecule has 1 aromatic heterocycles. The molecule has 2 aromatic rings. The SMILES string of the molecule is O=C(Nc1cccc(-c2ccn[nH]2)c1)C(F)C1CCNCC1. The Labute approximate surface area is 128 Å². The number of nitrogens with one attached hydrogen (secondary N) is 3. The molecular formula is C16H19FN4O. The average molecular weight is 302 g/mol. The third-order valence-corrected chi connectivity index (χ3v) is 3.99. The second-order valence-corrected chi connectivity index (χ2v) is 5.53. The Morgan fingerprint density at radius 3 is 2.86 bits per heavy atom. The van der Waals surface area contributed by atoms with Gasteiger partial charge in [-0.3, -0.25) is 9.89 Å². The lowest BCUT2D eigenvalue weighted by atomic mass is 9.92. The molecule has 5 nitrogen and oxygen atoms in total. The lowest BCUT2D eigenvalue weighted by Crippen LogP contribution is -2.38. The highest BCUT2D eigenvalue weighted by molar-refractivity contribution is 5.94. The molecular weight excluding hydrogens is 283 g/mol. The van der Waals surface area contributed by atoms with Crippen LogP contribution in [-0.4, -0.2) is 35.4 Å². The molecule has 0 bridgehead atoms. The first-order chi connectivity index (χ1) is 10.7. The maximum absolute atomic E-state index is 14.3. The van der Waals surface area contributed by atoms with E-state index in [0.29, 0.717) is 18.5 Å². The Kier molecular flexibility index (Phi) is 4.48. The van der Waals surface area contributed by atoms with Crippen LogP contribution in [-0.2, 0) is 4.79 Å². The van der Waals surface area contributed by atoms with E-state index in [1.54, 1.807) is 18.3 Å². The molecule has 1 aliphatic heterocycles. The Hall–Kier alpha value is -2.21. The number of carbonyl (C=O) groups is 1. The van der Waals surface area contributed by atoms with E-state index in [9.17, 15) is 9.18 Å². The summed E-state index contributed by atoms with van der Waals surface area (Å²) < 4.78 is 14.3. The van der Waals surface area contributed by atoms with Crippen LogP contribution >= 0.6 is 0 Å². The maximum atomic E-state index is 14.3. The molecule has 3 N–H and O–H groups in total. The van der Waals surface area contributed by atoms with Crippen LogP contribution in [0.1, 0.15) is 12.8 Å². The van der Waals surface area contributed by atoms with Crippen molar-refractivity contribution < 1.29 is 9.18 Å². The molecule has 0 spiro atoms. The molecule has 1 amide bonds. The predicted molar refractivity (Wildman–Crippen MR) is 83.1 cm³/mol. The normalized spacial score (nSPS) is 17.1. The van der Waals surface area contributed by atoms with Gasteiger partial charge in [-0.1, -0.05) is 12.1 Å². The van der Waals surface area contributed by atoms with E-state index in [2.05, 4.69) is 20.8 Å². The van der Waals surface area contributed by atoms with Crippen LogP contribution in [0.4, 0.5) is 10.1 Å². The van der Waals surface area contributed by atoms with Crippen LogP contribution in [0.15, 0.2) is 36.5 Å². The van der Waals surface area contributed by atoms with Gasteiger partial charge in [0.2, 0.25) is 0 Å². The first-order valence-corrected chi connectivity index (χ1v) is 7.49. The van der Waals surface area contributed by atoms with Crippen LogP contribution in [0.25, 0.3) is 11.3 Å². The number of halogens is 1. The highest BCUT2D eigenvalue weighted by atomic mass is 19.1. The minimum absolute atomic E-state index is 0.197. The number of H-pyrrole nitrogens is 1. The molecule has 1 atom stereocenters. The molecule has 1 aliphatic rings. The smallest absolute Gasteiger partial charge is 0.259 e. The second-order valence-electron chi connectivity index (χ2n) is 5.53. The van der Waals surface area contributed by atoms with E-state index in [0.717, 1.165) is 24.3 Å². The number of amides is 1. The van der Waals surface area contributed by atoms with Gasteiger partial charge in [-0.2, -0.15) is 5.10 Å². The number of hydrogen-bond acceptors (Lipinski definition) is 3. The van der Waals surface area contributed by atoms with Crippen molar-refractivity contribution in [3.63, 3.8) is 0 Å². The number of alkyl halides is 1.